The quantitative estimate of drug-likeness (QED) is 0.628. The number of benzene rings is 2. The van der Waals surface area contributed by atoms with Crippen LogP contribution in [-0.4, -0.2) is 53.0 Å². The summed E-state index contributed by atoms with van der Waals surface area (Å²) in [6.07, 6.45) is 1.51. The number of carbonyl (C=O) groups is 3. The van der Waals surface area contributed by atoms with Crippen LogP contribution in [0, 0.1) is 0 Å². The summed E-state index contributed by atoms with van der Waals surface area (Å²) in [6.45, 7) is 1.85. The van der Waals surface area contributed by atoms with Gasteiger partial charge in [-0.05, 0) is 18.4 Å². The van der Waals surface area contributed by atoms with Crippen molar-refractivity contribution in [3.63, 3.8) is 0 Å². The number of likely N-dealkylation sites (tertiary alicyclic amines) is 1. The number of hydrazone groups is 1. The lowest BCUT2D eigenvalue weighted by atomic mass is 10.1. The highest BCUT2D eigenvalue weighted by molar-refractivity contribution is 6.02. The molecule has 7 nitrogen and oxygen atoms in total. The van der Waals surface area contributed by atoms with E-state index in [1.165, 1.54) is 5.01 Å². The fourth-order valence-corrected chi connectivity index (χ4v) is 3.99. The van der Waals surface area contributed by atoms with Crippen molar-refractivity contribution in [2.45, 2.75) is 38.2 Å². The van der Waals surface area contributed by atoms with Crippen molar-refractivity contribution in [2.24, 2.45) is 5.10 Å². The van der Waals surface area contributed by atoms with Gasteiger partial charge in [0.15, 0.2) is 0 Å². The smallest absolute Gasteiger partial charge is 0.307 e. The van der Waals surface area contributed by atoms with Crippen LogP contribution in [0.25, 0.3) is 0 Å². The Labute approximate surface area is 187 Å². The highest BCUT2D eigenvalue weighted by Crippen LogP contribution is 2.24. The molecule has 32 heavy (non-hydrogen) atoms. The molecular formula is C25H27N3O4. The summed E-state index contributed by atoms with van der Waals surface area (Å²) in [5.41, 5.74) is 2.50. The van der Waals surface area contributed by atoms with Gasteiger partial charge in [0, 0.05) is 31.5 Å². The Kier molecular flexibility index (Phi) is 6.94. The Morgan fingerprint density at radius 1 is 0.875 bits per heavy atom. The summed E-state index contributed by atoms with van der Waals surface area (Å²) in [5, 5.41) is 5.83. The van der Waals surface area contributed by atoms with Gasteiger partial charge in [-0.25, -0.2) is 5.01 Å². The summed E-state index contributed by atoms with van der Waals surface area (Å²) in [5.74, 6) is -0.994. The predicted octanol–water partition coefficient (Wildman–Crippen LogP) is 3.31. The number of hydrogen-bond donors (Lipinski definition) is 0. The first-order valence-corrected chi connectivity index (χ1v) is 11.1. The fraction of sp³-hybridized carbons (Fsp3) is 0.360. The maximum Gasteiger partial charge on any atom is 0.307 e. The van der Waals surface area contributed by atoms with Crippen molar-refractivity contribution in [2.75, 3.05) is 19.6 Å². The fourth-order valence-electron chi connectivity index (χ4n) is 3.99. The molecule has 1 saturated heterocycles. The van der Waals surface area contributed by atoms with Gasteiger partial charge in [0.2, 0.25) is 12.0 Å². The molecule has 0 radical (unpaired) electrons. The Morgan fingerprint density at radius 2 is 1.53 bits per heavy atom. The van der Waals surface area contributed by atoms with E-state index in [1.54, 1.807) is 17.0 Å². The molecular weight excluding hydrogens is 406 g/mol. The zero-order chi connectivity index (χ0) is 22.3. The second-order valence-corrected chi connectivity index (χ2v) is 7.99. The molecule has 0 saturated carbocycles. The largest absolute Gasteiger partial charge is 0.447 e. The van der Waals surface area contributed by atoms with Gasteiger partial charge in [-0.3, -0.25) is 14.4 Å². The third-order valence-electron chi connectivity index (χ3n) is 5.73. The minimum Gasteiger partial charge on any atom is -0.447 e. The van der Waals surface area contributed by atoms with E-state index in [9.17, 15) is 14.4 Å². The lowest BCUT2D eigenvalue weighted by Gasteiger charge is -2.23. The highest BCUT2D eigenvalue weighted by Gasteiger charge is 2.31. The number of ether oxygens (including phenoxy) is 1. The van der Waals surface area contributed by atoms with E-state index < -0.39 is 12.1 Å². The monoisotopic (exact) mass is 433 g/mol. The van der Waals surface area contributed by atoms with Gasteiger partial charge in [0.25, 0.3) is 5.91 Å². The van der Waals surface area contributed by atoms with Gasteiger partial charge in [0.05, 0.1) is 18.7 Å². The number of carbonyl (C=O) groups excluding carboxylic acids is 3. The lowest BCUT2D eigenvalue weighted by molar-refractivity contribution is -0.161. The summed E-state index contributed by atoms with van der Waals surface area (Å²) >= 11 is 0. The van der Waals surface area contributed by atoms with Gasteiger partial charge in [-0.1, -0.05) is 60.7 Å². The molecule has 1 fully saturated rings. The van der Waals surface area contributed by atoms with Gasteiger partial charge >= 0.3 is 5.97 Å². The van der Waals surface area contributed by atoms with Crippen LogP contribution in [-0.2, 0) is 19.1 Å². The zero-order valence-electron chi connectivity index (χ0n) is 18.0. The average molecular weight is 434 g/mol. The Hall–Kier alpha value is -3.48. The van der Waals surface area contributed by atoms with Crippen LogP contribution in [0.15, 0.2) is 65.8 Å². The molecule has 2 aromatic carbocycles. The number of hydrogen-bond acceptors (Lipinski definition) is 5. The molecule has 0 spiro atoms. The van der Waals surface area contributed by atoms with Gasteiger partial charge in [-0.2, -0.15) is 5.10 Å². The highest BCUT2D eigenvalue weighted by atomic mass is 16.5. The Bertz CT molecular complexity index is 985. The van der Waals surface area contributed by atoms with Crippen molar-refractivity contribution >= 4 is 23.5 Å². The topological polar surface area (TPSA) is 79.3 Å². The molecule has 2 aliphatic rings. The first kappa shape index (κ1) is 21.7. The molecule has 2 aromatic rings. The zero-order valence-corrected chi connectivity index (χ0v) is 18.0. The average Bonchev–Trinajstić information content (AvgIpc) is 3.54. The van der Waals surface area contributed by atoms with Crippen LogP contribution >= 0.6 is 0 Å². The van der Waals surface area contributed by atoms with Gasteiger partial charge in [-0.15, -0.1) is 0 Å². The molecule has 1 atom stereocenters. The molecule has 2 aliphatic heterocycles. The minimum absolute atomic E-state index is 0.0101. The molecule has 0 bridgehead atoms. The van der Waals surface area contributed by atoms with Crippen molar-refractivity contribution in [1.29, 1.82) is 0 Å². The van der Waals surface area contributed by atoms with Crippen LogP contribution in [0.1, 0.15) is 49.3 Å². The number of rotatable bonds is 7. The number of amides is 2. The minimum atomic E-state index is -0.980. The van der Waals surface area contributed by atoms with E-state index >= 15 is 0 Å². The van der Waals surface area contributed by atoms with E-state index in [0.29, 0.717) is 31.6 Å². The third kappa shape index (κ3) is 5.22. The lowest BCUT2D eigenvalue weighted by Crippen LogP contribution is -2.35. The molecule has 4 rings (SSSR count). The maximum absolute atomic E-state index is 13.0. The van der Waals surface area contributed by atoms with E-state index in [-0.39, 0.29) is 24.7 Å². The van der Waals surface area contributed by atoms with Crippen LogP contribution in [0.2, 0.25) is 0 Å². The van der Waals surface area contributed by atoms with Crippen LogP contribution in [0.4, 0.5) is 0 Å². The van der Waals surface area contributed by atoms with Gasteiger partial charge < -0.3 is 9.64 Å². The first-order chi connectivity index (χ1) is 15.6. The molecule has 2 amide bonds. The normalized spacial score (nSPS) is 16.6. The summed E-state index contributed by atoms with van der Waals surface area (Å²) in [7, 11) is 0. The summed E-state index contributed by atoms with van der Waals surface area (Å²) in [4.78, 5) is 39.8. The van der Waals surface area contributed by atoms with E-state index in [4.69, 9.17) is 4.74 Å². The predicted molar refractivity (Wildman–Crippen MR) is 120 cm³/mol. The molecule has 0 aliphatic carbocycles. The maximum atomic E-state index is 13.0. The van der Waals surface area contributed by atoms with Crippen LogP contribution in [0.3, 0.4) is 0 Å². The summed E-state index contributed by atoms with van der Waals surface area (Å²) in [6, 6.07) is 18.8. The molecule has 7 heteroatoms. The molecule has 0 N–H and O–H groups in total. The van der Waals surface area contributed by atoms with E-state index in [0.717, 1.165) is 24.1 Å². The van der Waals surface area contributed by atoms with Crippen molar-refractivity contribution < 1.29 is 19.1 Å². The molecule has 0 aromatic heterocycles. The van der Waals surface area contributed by atoms with E-state index in [2.05, 4.69) is 5.10 Å². The van der Waals surface area contributed by atoms with Crippen LogP contribution in [0.5, 0.6) is 0 Å². The second kappa shape index (κ2) is 10.2. The van der Waals surface area contributed by atoms with Crippen molar-refractivity contribution in [3.8, 4) is 0 Å². The number of nitrogens with zero attached hydrogens (tertiary/aromatic N) is 3. The Balaban J connectivity index is 1.34. The molecule has 2 heterocycles. The Morgan fingerprint density at radius 3 is 2.22 bits per heavy atom. The number of esters is 1. The van der Waals surface area contributed by atoms with E-state index in [1.807, 2.05) is 48.5 Å². The van der Waals surface area contributed by atoms with Crippen molar-refractivity contribution in [1.82, 2.24) is 9.91 Å². The van der Waals surface area contributed by atoms with Crippen molar-refractivity contribution in [3.05, 3.63) is 71.8 Å². The molecule has 1 unspecified atom stereocenters. The van der Waals surface area contributed by atoms with Crippen LogP contribution < -0.4 is 0 Å². The second-order valence-electron chi connectivity index (χ2n) is 7.99. The summed E-state index contributed by atoms with van der Waals surface area (Å²) < 4.78 is 5.58. The SMILES string of the molecule is O=C(CCC(=O)N1CCC(c2ccccc2)=N1)OC(C(=O)N1CCCC1)c1ccccc1. The molecule has 166 valence electrons. The van der Waals surface area contributed by atoms with Gasteiger partial charge in [0.1, 0.15) is 0 Å². The first-order valence-electron chi connectivity index (χ1n) is 11.1. The third-order valence-corrected chi connectivity index (χ3v) is 5.73. The standard InChI is InChI=1S/C25H27N3O4/c29-22(28-18-15-21(26-28)19-9-3-1-4-10-19)13-14-23(30)32-24(20-11-5-2-6-12-20)25(31)27-16-7-8-17-27/h1-6,9-12,24H,7-8,13-18H2.